The van der Waals surface area contributed by atoms with Crippen molar-refractivity contribution in [1.29, 1.82) is 5.26 Å². The number of nitriles is 1. The lowest BCUT2D eigenvalue weighted by Crippen LogP contribution is -2.34. The predicted molar refractivity (Wildman–Crippen MR) is 24.4 cm³/mol. The Morgan fingerprint density at radius 3 is 3.25 bits per heavy atom. The number of H-pyrrole nitrogens is 1. The van der Waals surface area contributed by atoms with E-state index in [2.05, 4.69) is 10.3 Å². The number of nitrogens with one attached hydrogen (secondary N) is 1. The lowest BCUT2D eigenvalue weighted by atomic mass is 10.7. The Kier molecular flexibility index (Phi) is 1.24. The van der Waals surface area contributed by atoms with Gasteiger partial charge in [0, 0.05) is 5.10 Å². The van der Waals surface area contributed by atoms with Crippen LogP contribution in [-0.2, 0) is 6.54 Å². The van der Waals surface area contributed by atoms with Crippen molar-refractivity contribution < 1.29 is 4.68 Å². The van der Waals surface area contributed by atoms with Crippen molar-refractivity contribution >= 4 is 0 Å². The average molecular weight is 109 g/mol. The molecule has 1 heterocycles. The number of rotatable bonds is 1. The summed E-state index contributed by atoms with van der Waals surface area (Å²) in [5.74, 6) is 0. The zero-order chi connectivity index (χ0) is 5.82. The van der Waals surface area contributed by atoms with Crippen molar-refractivity contribution in [3.05, 3.63) is 12.4 Å². The highest BCUT2D eigenvalue weighted by molar-refractivity contribution is 4.59. The van der Waals surface area contributed by atoms with E-state index in [4.69, 9.17) is 5.26 Å². The van der Waals surface area contributed by atoms with Crippen molar-refractivity contribution in [1.82, 2.24) is 10.3 Å². The second-order valence-corrected chi connectivity index (χ2v) is 1.31. The molecule has 1 aromatic rings. The van der Waals surface area contributed by atoms with E-state index in [-0.39, 0.29) is 0 Å². The third kappa shape index (κ3) is 0.819. The minimum Gasteiger partial charge on any atom is -0.194 e. The smallest absolute Gasteiger partial charge is 0.194 e. The molecule has 4 nitrogen and oxygen atoms in total. The molecule has 0 radical (unpaired) electrons. The number of hydrogen-bond acceptors (Lipinski definition) is 2. The molecule has 0 aliphatic heterocycles. The highest BCUT2D eigenvalue weighted by Crippen LogP contribution is 1.60. The predicted octanol–water partition coefficient (Wildman–Crippen LogP) is -0.779. The topological polar surface area (TPSA) is 56.4 Å². The van der Waals surface area contributed by atoms with E-state index in [0.717, 1.165) is 0 Å². The maximum atomic E-state index is 8.12. The first kappa shape index (κ1) is 4.78. The molecule has 1 N–H and O–H groups in total. The largest absolute Gasteiger partial charge is 0.206 e. The van der Waals surface area contributed by atoms with Crippen LogP contribution in [0.2, 0.25) is 0 Å². The monoisotopic (exact) mass is 109 g/mol. The van der Waals surface area contributed by atoms with Crippen LogP contribution in [0.3, 0.4) is 0 Å². The average Bonchev–Trinajstić information content (AvgIpc) is 2.19. The summed E-state index contributed by atoms with van der Waals surface area (Å²) in [6.07, 6.45) is 3.29. The lowest BCUT2D eigenvalue weighted by Gasteiger charge is -1.75. The van der Waals surface area contributed by atoms with Crippen LogP contribution in [0, 0.1) is 11.3 Å². The molecule has 40 valence electrons. The van der Waals surface area contributed by atoms with Crippen LogP contribution in [0.4, 0.5) is 0 Å². The fourth-order valence-corrected chi connectivity index (χ4v) is 0.419. The van der Waals surface area contributed by atoms with Gasteiger partial charge in [-0.05, 0) is 0 Å². The number of aromatic nitrogens is 3. The van der Waals surface area contributed by atoms with Gasteiger partial charge in [0.15, 0.2) is 12.7 Å². The van der Waals surface area contributed by atoms with Gasteiger partial charge in [0.25, 0.3) is 0 Å². The summed E-state index contributed by atoms with van der Waals surface area (Å²) >= 11 is 0. The highest BCUT2D eigenvalue weighted by atomic mass is 15.4. The Morgan fingerprint density at radius 2 is 2.75 bits per heavy atom. The minimum atomic E-state index is 0.333. The Hall–Kier alpha value is -1.37. The third-order valence-corrected chi connectivity index (χ3v) is 0.748. The molecule has 0 aliphatic carbocycles. The van der Waals surface area contributed by atoms with Gasteiger partial charge in [-0.2, -0.15) is 5.26 Å². The van der Waals surface area contributed by atoms with Crippen molar-refractivity contribution in [2.75, 3.05) is 0 Å². The molecule has 0 spiro atoms. The van der Waals surface area contributed by atoms with Gasteiger partial charge in [-0.3, -0.25) is 0 Å². The Bertz CT molecular complexity index is 182. The molecule has 0 amide bonds. The normalized spacial score (nSPS) is 8.38. The first-order valence-electron chi connectivity index (χ1n) is 2.19. The van der Waals surface area contributed by atoms with E-state index in [1.165, 1.54) is 0 Å². The van der Waals surface area contributed by atoms with E-state index < -0.39 is 0 Å². The van der Waals surface area contributed by atoms with Gasteiger partial charge in [0.1, 0.15) is 6.07 Å². The fraction of sp³-hybridized carbons (Fsp3) is 0.250. The van der Waals surface area contributed by atoms with Gasteiger partial charge < -0.3 is 0 Å². The van der Waals surface area contributed by atoms with E-state index in [0.29, 0.717) is 6.54 Å². The SMILES string of the molecule is N#CC[n+]1ccn[nH]1. The minimum absolute atomic E-state index is 0.333. The van der Waals surface area contributed by atoms with Crippen LogP contribution in [0.1, 0.15) is 0 Å². The zero-order valence-electron chi connectivity index (χ0n) is 4.20. The van der Waals surface area contributed by atoms with Crippen LogP contribution in [0.5, 0.6) is 0 Å². The van der Waals surface area contributed by atoms with Crippen molar-refractivity contribution in [3.63, 3.8) is 0 Å². The van der Waals surface area contributed by atoms with Crippen molar-refractivity contribution in [2.24, 2.45) is 0 Å². The van der Waals surface area contributed by atoms with E-state index in [1.807, 2.05) is 6.07 Å². The van der Waals surface area contributed by atoms with Gasteiger partial charge in [-0.1, -0.05) is 5.21 Å². The second-order valence-electron chi connectivity index (χ2n) is 1.31. The quantitative estimate of drug-likeness (QED) is 0.481. The molecule has 0 fully saturated rings. The van der Waals surface area contributed by atoms with E-state index in [1.54, 1.807) is 17.1 Å². The van der Waals surface area contributed by atoms with Crippen LogP contribution in [-0.4, -0.2) is 10.3 Å². The standard InChI is InChI=1S/C4H4N4/c5-1-3-8-4-2-6-7-8/h2,4H,3H2/p+1. The summed E-state index contributed by atoms with van der Waals surface area (Å²) in [6, 6.07) is 1.96. The molecule has 1 aromatic heterocycles. The maximum absolute atomic E-state index is 8.12. The molecule has 8 heavy (non-hydrogen) atoms. The maximum Gasteiger partial charge on any atom is 0.206 e. The summed E-state index contributed by atoms with van der Waals surface area (Å²) in [4.78, 5) is 0. The molecule has 0 aromatic carbocycles. The van der Waals surface area contributed by atoms with Gasteiger partial charge in [-0.25, -0.2) is 0 Å². The first-order chi connectivity index (χ1) is 3.93. The Morgan fingerprint density at radius 1 is 1.88 bits per heavy atom. The summed E-state index contributed by atoms with van der Waals surface area (Å²) in [7, 11) is 0. The Balaban J connectivity index is 2.67. The number of nitrogens with zero attached hydrogens (tertiary/aromatic N) is 3. The molecule has 1 rings (SSSR count). The molecule has 0 aliphatic rings. The van der Waals surface area contributed by atoms with Gasteiger partial charge in [-0.15, -0.1) is 4.68 Å². The molecule has 0 unspecified atom stereocenters. The van der Waals surface area contributed by atoms with E-state index >= 15 is 0 Å². The van der Waals surface area contributed by atoms with Crippen LogP contribution in [0.25, 0.3) is 0 Å². The van der Waals surface area contributed by atoms with Crippen LogP contribution >= 0.6 is 0 Å². The highest BCUT2D eigenvalue weighted by Gasteiger charge is 1.91. The first-order valence-corrected chi connectivity index (χ1v) is 2.19. The Labute approximate surface area is 46.3 Å². The summed E-state index contributed by atoms with van der Waals surface area (Å²) in [5.41, 5.74) is 0. The number of hydrogen-bond donors (Lipinski definition) is 1. The van der Waals surface area contributed by atoms with Crippen LogP contribution < -0.4 is 4.68 Å². The zero-order valence-corrected chi connectivity index (χ0v) is 4.20. The molecule has 4 heteroatoms. The van der Waals surface area contributed by atoms with Crippen molar-refractivity contribution in [2.45, 2.75) is 6.54 Å². The summed E-state index contributed by atoms with van der Waals surface area (Å²) in [6.45, 7) is 0.333. The molecule has 0 bridgehead atoms. The molecular weight excluding hydrogens is 104 g/mol. The van der Waals surface area contributed by atoms with E-state index in [9.17, 15) is 0 Å². The molecular formula is C4H5N4+. The molecule has 0 saturated carbocycles. The lowest BCUT2D eigenvalue weighted by molar-refractivity contribution is -0.742. The van der Waals surface area contributed by atoms with Gasteiger partial charge in [0.05, 0.1) is 0 Å². The summed E-state index contributed by atoms with van der Waals surface area (Å²) < 4.78 is 1.58. The second kappa shape index (κ2) is 2.07. The summed E-state index contributed by atoms with van der Waals surface area (Å²) in [5, 5.41) is 14.3. The van der Waals surface area contributed by atoms with Crippen molar-refractivity contribution in [3.8, 4) is 6.07 Å². The fourth-order valence-electron chi connectivity index (χ4n) is 0.419. The van der Waals surface area contributed by atoms with Gasteiger partial charge in [0.2, 0.25) is 6.20 Å². The molecule has 0 atom stereocenters. The third-order valence-electron chi connectivity index (χ3n) is 0.748. The molecule has 0 saturated heterocycles. The number of aromatic amines is 1. The van der Waals surface area contributed by atoms with Crippen LogP contribution in [0.15, 0.2) is 12.4 Å². The van der Waals surface area contributed by atoms with Gasteiger partial charge >= 0.3 is 0 Å².